The fraction of sp³-hybridized carbons (Fsp3) is 0.690. The molecule has 2 nitrogen and oxygen atoms in total. The van der Waals surface area contributed by atoms with Crippen molar-refractivity contribution in [1.29, 1.82) is 0 Å². The number of imidazole rings is 1. The van der Waals surface area contributed by atoms with Gasteiger partial charge in [-0.15, -0.1) is 0 Å². The Morgan fingerprint density at radius 1 is 0.613 bits per heavy atom. The van der Waals surface area contributed by atoms with Crippen LogP contribution in [0.15, 0.2) is 36.5 Å². The van der Waals surface area contributed by atoms with Crippen molar-refractivity contribution in [3.63, 3.8) is 0 Å². The third-order valence-electron chi connectivity index (χ3n) is 6.41. The highest BCUT2D eigenvalue weighted by Crippen LogP contribution is 2.15. The molecule has 0 N–H and O–H groups in total. The number of unbranched alkanes of at least 4 members (excludes halogenated alkanes) is 11. The Morgan fingerprint density at radius 3 is 1.90 bits per heavy atom. The highest BCUT2D eigenvalue weighted by molar-refractivity contribution is 5.15. The molecule has 0 unspecified atom stereocenters. The van der Waals surface area contributed by atoms with Gasteiger partial charge in [-0.2, -0.15) is 0 Å². The number of benzene rings is 1. The molecule has 2 heteroatoms. The van der Waals surface area contributed by atoms with Gasteiger partial charge in [-0.05, 0) is 37.7 Å². The smallest absolute Gasteiger partial charge is 0.108 e. The summed E-state index contributed by atoms with van der Waals surface area (Å²) in [6.07, 6.45) is 24.8. The maximum Gasteiger partial charge on any atom is 0.108 e. The van der Waals surface area contributed by atoms with E-state index in [4.69, 9.17) is 4.98 Å². The Balaban J connectivity index is 1.69. The van der Waals surface area contributed by atoms with Gasteiger partial charge in [0.25, 0.3) is 0 Å². The van der Waals surface area contributed by atoms with Crippen LogP contribution >= 0.6 is 0 Å². The molecule has 0 aliphatic heterocycles. The van der Waals surface area contributed by atoms with Crippen LogP contribution in [0.4, 0.5) is 0 Å². The fourth-order valence-electron chi connectivity index (χ4n) is 4.45. The molecule has 0 atom stereocenters. The van der Waals surface area contributed by atoms with Gasteiger partial charge in [-0.1, -0.05) is 115 Å². The van der Waals surface area contributed by atoms with E-state index < -0.39 is 0 Å². The van der Waals surface area contributed by atoms with Crippen LogP contribution in [-0.4, -0.2) is 9.55 Å². The van der Waals surface area contributed by atoms with E-state index in [0.29, 0.717) is 0 Å². The van der Waals surface area contributed by atoms with Crippen LogP contribution in [0.3, 0.4) is 0 Å². The lowest BCUT2D eigenvalue weighted by Gasteiger charge is -2.08. The van der Waals surface area contributed by atoms with Crippen LogP contribution in [0.1, 0.15) is 121 Å². The van der Waals surface area contributed by atoms with Crippen LogP contribution in [0.25, 0.3) is 0 Å². The largest absolute Gasteiger partial charge is 0.335 e. The van der Waals surface area contributed by atoms with Crippen LogP contribution in [-0.2, 0) is 25.8 Å². The first-order chi connectivity index (χ1) is 15.3. The summed E-state index contributed by atoms with van der Waals surface area (Å²) < 4.78 is 2.48. The SMILES string of the molecule is CCCCCCCCCCCCn1cc(CCCc2ccccc2)nc1CCCCC. The number of hydrogen-bond donors (Lipinski definition) is 0. The normalized spacial score (nSPS) is 11.3. The third kappa shape index (κ3) is 11.6. The van der Waals surface area contributed by atoms with Crippen molar-refractivity contribution in [3.8, 4) is 0 Å². The molecule has 0 fully saturated rings. The Kier molecular flexibility index (Phi) is 14.1. The van der Waals surface area contributed by atoms with Gasteiger partial charge in [0.2, 0.25) is 0 Å². The molecule has 0 spiro atoms. The van der Waals surface area contributed by atoms with Gasteiger partial charge in [0.1, 0.15) is 5.82 Å². The van der Waals surface area contributed by atoms with Crippen molar-refractivity contribution < 1.29 is 0 Å². The second-order valence-electron chi connectivity index (χ2n) is 9.32. The van der Waals surface area contributed by atoms with Crippen LogP contribution in [0.2, 0.25) is 0 Å². The molecular weight excluding hydrogens is 376 g/mol. The number of hydrogen-bond acceptors (Lipinski definition) is 1. The molecule has 2 rings (SSSR count). The van der Waals surface area contributed by atoms with Crippen molar-refractivity contribution in [3.05, 3.63) is 53.6 Å². The minimum Gasteiger partial charge on any atom is -0.335 e. The molecule has 0 bridgehead atoms. The first-order valence-electron chi connectivity index (χ1n) is 13.4. The summed E-state index contributed by atoms with van der Waals surface area (Å²) in [5.74, 6) is 1.33. The molecule has 0 aliphatic carbocycles. The lowest BCUT2D eigenvalue weighted by molar-refractivity contribution is 0.525. The maximum atomic E-state index is 5.04. The van der Waals surface area contributed by atoms with Crippen molar-refractivity contribution in [2.75, 3.05) is 0 Å². The minimum absolute atomic E-state index is 1.10. The lowest BCUT2D eigenvalue weighted by atomic mass is 10.1. The van der Waals surface area contributed by atoms with Crippen LogP contribution in [0, 0.1) is 0 Å². The van der Waals surface area contributed by atoms with Gasteiger partial charge in [0.15, 0.2) is 0 Å². The highest BCUT2D eigenvalue weighted by atomic mass is 15.1. The zero-order valence-corrected chi connectivity index (χ0v) is 20.6. The van der Waals surface area contributed by atoms with Crippen molar-refractivity contribution in [1.82, 2.24) is 9.55 Å². The zero-order chi connectivity index (χ0) is 22.0. The summed E-state index contributed by atoms with van der Waals surface area (Å²) >= 11 is 0. The van der Waals surface area contributed by atoms with Crippen LogP contribution in [0.5, 0.6) is 0 Å². The van der Waals surface area contributed by atoms with E-state index in [-0.39, 0.29) is 0 Å². The molecular formula is C29H48N2. The Labute approximate surface area is 192 Å². The molecule has 1 aromatic heterocycles. The summed E-state index contributed by atoms with van der Waals surface area (Å²) in [6.45, 7) is 5.73. The van der Waals surface area contributed by atoms with E-state index in [2.05, 4.69) is 54.9 Å². The topological polar surface area (TPSA) is 17.8 Å². The molecule has 0 radical (unpaired) electrons. The van der Waals surface area contributed by atoms with E-state index >= 15 is 0 Å². The Hall–Kier alpha value is -1.57. The maximum absolute atomic E-state index is 5.04. The van der Waals surface area contributed by atoms with Crippen molar-refractivity contribution in [2.45, 2.75) is 130 Å². The van der Waals surface area contributed by atoms with Gasteiger partial charge in [0.05, 0.1) is 5.69 Å². The first kappa shape index (κ1) is 25.7. The predicted octanol–water partition coefficient (Wildman–Crippen LogP) is 8.71. The van der Waals surface area contributed by atoms with E-state index in [1.165, 1.54) is 107 Å². The van der Waals surface area contributed by atoms with E-state index in [1.54, 1.807) is 0 Å². The molecule has 0 saturated heterocycles. The van der Waals surface area contributed by atoms with Gasteiger partial charge in [-0.25, -0.2) is 4.98 Å². The average Bonchev–Trinajstić information content (AvgIpc) is 3.17. The third-order valence-corrected chi connectivity index (χ3v) is 6.41. The number of rotatable bonds is 19. The second kappa shape index (κ2) is 17.0. The predicted molar refractivity (Wildman–Crippen MR) is 136 cm³/mol. The monoisotopic (exact) mass is 424 g/mol. The number of aryl methyl sites for hydroxylation is 4. The average molecular weight is 425 g/mol. The summed E-state index contributed by atoms with van der Waals surface area (Å²) in [5.41, 5.74) is 2.74. The van der Waals surface area contributed by atoms with Gasteiger partial charge < -0.3 is 4.57 Å². The Morgan fingerprint density at radius 2 is 1.23 bits per heavy atom. The van der Waals surface area contributed by atoms with Crippen LogP contribution < -0.4 is 0 Å². The summed E-state index contributed by atoms with van der Waals surface area (Å²) in [6, 6.07) is 10.9. The molecule has 0 aliphatic rings. The first-order valence-corrected chi connectivity index (χ1v) is 13.4. The van der Waals surface area contributed by atoms with E-state index in [9.17, 15) is 0 Å². The fourth-order valence-corrected chi connectivity index (χ4v) is 4.45. The zero-order valence-electron chi connectivity index (χ0n) is 20.6. The number of aromatic nitrogens is 2. The summed E-state index contributed by atoms with van der Waals surface area (Å²) in [4.78, 5) is 5.04. The second-order valence-corrected chi connectivity index (χ2v) is 9.32. The molecule has 1 aromatic carbocycles. The summed E-state index contributed by atoms with van der Waals surface area (Å²) in [7, 11) is 0. The van der Waals surface area contributed by atoms with Gasteiger partial charge >= 0.3 is 0 Å². The quantitative estimate of drug-likeness (QED) is 0.206. The summed E-state index contributed by atoms with van der Waals surface area (Å²) in [5, 5.41) is 0. The van der Waals surface area contributed by atoms with E-state index in [0.717, 1.165) is 25.8 Å². The molecule has 0 amide bonds. The highest BCUT2D eigenvalue weighted by Gasteiger charge is 2.08. The number of nitrogens with zero attached hydrogens (tertiary/aromatic N) is 2. The molecule has 1 heterocycles. The lowest BCUT2D eigenvalue weighted by Crippen LogP contribution is -2.03. The minimum atomic E-state index is 1.10. The van der Waals surface area contributed by atoms with Crippen molar-refractivity contribution >= 4 is 0 Å². The van der Waals surface area contributed by atoms with E-state index in [1.807, 2.05) is 0 Å². The van der Waals surface area contributed by atoms with Crippen molar-refractivity contribution in [2.24, 2.45) is 0 Å². The molecule has 174 valence electrons. The molecule has 2 aromatic rings. The van der Waals surface area contributed by atoms with Gasteiger partial charge in [0, 0.05) is 19.2 Å². The van der Waals surface area contributed by atoms with Gasteiger partial charge in [-0.3, -0.25) is 0 Å². The molecule has 0 saturated carbocycles. The Bertz CT molecular complexity index is 659. The standard InChI is InChI=1S/C29H48N2/c1-3-5-7-8-9-10-11-12-13-18-25-31-26-28(30-29(31)24-15-6-4-2)23-19-22-27-20-16-14-17-21-27/h14,16-17,20-21,26H,3-13,15,18-19,22-25H2,1-2H3. The molecule has 31 heavy (non-hydrogen) atoms.